The predicted molar refractivity (Wildman–Crippen MR) is 178 cm³/mol. The quantitative estimate of drug-likeness (QED) is 0.120. The first-order chi connectivity index (χ1) is 19.1. The summed E-state index contributed by atoms with van der Waals surface area (Å²) in [7, 11) is 0. The molecule has 42 heavy (non-hydrogen) atoms. The van der Waals surface area contributed by atoms with E-state index < -0.39 is 0 Å². The number of nitrogens with two attached hydrogens (primary N) is 2. The van der Waals surface area contributed by atoms with Crippen LogP contribution in [0.2, 0.25) is 0 Å². The Morgan fingerprint density at radius 2 is 0.690 bits per heavy atom. The Morgan fingerprint density at radius 1 is 0.476 bits per heavy atom. The Kier molecular flexibility index (Phi) is 28.0. The lowest BCUT2D eigenvalue weighted by Gasteiger charge is -2.08. The Morgan fingerprint density at radius 3 is 0.810 bits per heavy atom. The highest BCUT2D eigenvalue weighted by molar-refractivity contribution is 7.99. The maximum Gasteiger partial charge on any atom is 0.0769 e. The van der Waals surface area contributed by atoms with Crippen molar-refractivity contribution in [2.75, 3.05) is 51.2 Å². The minimum Gasteiger partial charge on any atom is -1.00 e. The van der Waals surface area contributed by atoms with E-state index in [2.05, 4.69) is 24.0 Å². The van der Waals surface area contributed by atoms with Crippen molar-refractivity contribution in [1.82, 2.24) is 0 Å². The molecule has 4 aliphatic rings. The normalized spacial score (nSPS) is 38.6. The number of thioether (sulfide) groups is 4. The van der Waals surface area contributed by atoms with E-state index in [0.29, 0.717) is 44.7 Å². The Balaban J connectivity index is 0. The second-order valence-corrected chi connectivity index (χ2v) is 16.1. The third-order valence-electron chi connectivity index (χ3n) is 8.97. The van der Waals surface area contributed by atoms with Crippen LogP contribution >= 0.6 is 47.0 Å². The zero-order chi connectivity index (χ0) is 30.2. The number of aliphatic hydroxyl groups excluding tert-OH is 4. The third kappa shape index (κ3) is 16.0. The summed E-state index contributed by atoms with van der Waals surface area (Å²) < 4.78 is 0. The van der Waals surface area contributed by atoms with Gasteiger partial charge in [0.05, 0.1) is 37.5 Å². The lowest BCUT2D eigenvalue weighted by atomic mass is 10.1. The van der Waals surface area contributed by atoms with E-state index >= 15 is 0 Å². The average molecular weight is 718 g/mol. The number of aliphatic hydroxyl groups is 4. The monoisotopic (exact) mass is 716 g/mol. The fourth-order valence-corrected chi connectivity index (χ4v) is 9.73. The van der Waals surface area contributed by atoms with Crippen molar-refractivity contribution in [2.24, 2.45) is 35.1 Å². The van der Waals surface area contributed by atoms with Gasteiger partial charge in [0.2, 0.25) is 0 Å². The molecule has 0 amide bonds. The molecule has 256 valence electrons. The first-order valence-corrected chi connectivity index (χ1v) is 20.1. The minimum absolute atomic E-state index is 0. The van der Waals surface area contributed by atoms with Crippen molar-refractivity contribution in [1.29, 1.82) is 0 Å². The molecular formula is C28H62Cl2N4O4S4. The summed E-state index contributed by atoms with van der Waals surface area (Å²) in [5.74, 6) is 2.47. The molecule has 0 heterocycles. The van der Waals surface area contributed by atoms with Crippen LogP contribution in [0.25, 0.3) is 0 Å². The van der Waals surface area contributed by atoms with Crippen LogP contribution in [0.4, 0.5) is 0 Å². The van der Waals surface area contributed by atoms with E-state index in [1.165, 1.54) is 0 Å². The summed E-state index contributed by atoms with van der Waals surface area (Å²) in [6.45, 7) is 3.42. The van der Waals surface area contributed by atoms with Gasteiger partial charge in [-0.3, -0.25) is 0 Å². The highest BCUT2D eigenvalue weighted by Crippen LogP contribution is 2.34. The summed E-state index contributed by atoms with van der Waals surface area (Å²) in [5, 5.41) is 39.5. The van der Waals surface area contributed by atoms with Crippen LogP contribution in [0.15, 0.2) is 0 Å². The van der Waals surface area contributed by atoms with Crippen molar-refractivity contribution in [3.8, 4) is 0 Å². The maximum atomic E-state index is 9.44. The van der Waals surface area contributed by atoms with Crippen LogP contribution in [0.1, 0.15) is 51.4 Å². The van der Waals surface area contributed by atoms with Crippen molar-refractivity contribution in [2.45, 2.75) is 96.8 Å². The van der Waals surface area contributed by atoms with E-state index in [9.17, 15) is 20.4 Å². The molecule has 0 spiro atoms. The fraction of sp³-hybridized carbons (Fsp3) is 1.00. The SMILES string of the molecule is CS[C@@H]1C[C@H](CN)C[C@H]1O.CS[C@@H]1C[C@H](C[NH3+])C[C@H]1O.CS[C@H]1C[C@@H](CN)C[C@@H]1O.CS[C@H]1C[C@@H](C[NH3+])C[C@@H]1O.[Cl-].[Cl-]. The van der Waals surface area contributed by atoms with Gasteiger partial charge in [0.25, 0.3) is 0 Å². The van der Waals surface area contributed by atoms with Gasteiger partial charge in [0.15, 0.2) is 0 Å². The molecule has 4 fully saturated rings. The molecule has 0 aromatic rings. The predicted octanol–water partition coefficient (Wildman–Crippen LogP) is -5.64. The van der Waals surface area contributed by atoms with Crippen molar-refractivity contribution in [3.05, 3.63) is 0 Å². The van der Waals surface area contributed by atoms with Gasteiger partial charge in [-0.1, -0.05) is 0 Å². The number of rotatable bonds is 8. The lowest BCUT2D eigenvalue weighted by molar-refractivity contribution is -0.379. The molecule has 0 aromatic carbocycles. The minimum atomic E-state index is -0.108. The molecular weight excluding hydrogens is 656 g/mol. The average Bonchev–Trinajstić information content (AvgIpc) is 3.73. The van der Waals surface area contributed by atoms with E-state index in [-0.39, 0.29) is 49.2 Å². The van der Waals surface area contributed by atoms with Crippen molar-refractivity contribution in [3.63, 3.8) is 0 Å². The molecule has 0 aliphatic heterocycles. The van der Waals surface area contributed by atoms with Crippen LogP contribution in [0, 0.1) is 23.7 Å². The molecule has 12 atom stereocenters. The standard InChI is InChI=1S/4C7H15NOS.2ClH/c4*1-10-7-3-5(4-8)2-6(7)9;;/h4*5-7,9H,2-4,8H2,1H3;2*1H/t4*5-,6-,7-;;/m1100../s1. The largest absolute Gasteiger partial charge is 1.00 e. The number of quaternary nitrogens is 2. The van der Waals surface area contributed by atoms with Gasteiger partial charge in [0, 0.05) is 32.8 Å². The van der Waals surface area contributed by atoms with Crippen LogP contribution in [-0.2, 0) is 0 Å². The topological polar surface area (TPSA) is 188 Å². The van der Waals surface area contributed by atoms with Crippen LogP contribution in [0.5, 0.6) is 0 Å². The zero-order valence-corrected chi connectivity index (χ0v) is 30.9. The Hall–Kier alpha value is 1.66. The van der Waals surface area contributed by atoms with Crippen molar-refractivity contribution < 1.29 is 56.7 Å². The number of hydrogen-bond acceptors (Lipinski definition) is 10. The van der Waals surface area contributed by atoms with Gasteiger partial charge < -0.3 is 68.2 Å². The summed E-state index contributed by atoms with van der Waals surface area (Å²) in [5.41, 5.74) is 18.7. The Bertz CT molecular complexity index is 555. The first kappa shape index (κ1) is 45.8. The zero-order valence-electron chi connectivity index (χ0n) is 26.2. The lowest BCUT2D eigenvalue weighted by Crippen LogP contribution is -3.00. The smallest absolute Gasteiger partial charge is 0.0769 e. The Labute approximate surface area is 285 Å². The molecule has 14 N–H and O–H groups in total. The van der Waals surface area contributed by atoms with Crippen LogP contribution < -0.4 is 47.7 Å². The van der Waals surface area contributed by atoms with Crippen molar-refractivity contribution >= 4 is 47.0 Å². The summed E-state index contributed by atoms with van der Waals surface area (Å²) >= 11 is 7.07. The molecule has 0 radical (unpaired) electrons. The van der Waals surface area contributed by atoms with Crippen LogP contribution in [0.3, 0.4) is 0 Å². The van der Waals surface area contributed by atoms with Crippen LogP contribution in [-0.4, -0.2) is 117 Å². The molecule has 4 saturated carbocycles. The second kappa shape index (κ2) is 25.7. The van der Waals surface area contributed by atoms with Gasteiger partial charge in [-0.05, 0) is 101 Å². The maximum absolute atomic E-state index is 9.44. The molecule has 8 nitrogen and oxygen atoms in total. The van der Waals surface area contributed by atoms with Gasteiger partial charge in [-0.15, -0.1) is 0 Å². The van der Waals surface area contributed by atoms with E-state index in [1.54, 1.807) is 47.0 Å². The van der Waals surface area contributed by atoms with E-state index in [4.69, 9.17) is 11.5 Å². The molecule has 0 aromatic heterocycles. The summed E-state index contributed by atoms with van der Waals surface area (Å²) in [4.78, 5) is 0. The van der Waals surface area contributed by atoms with Gasteiger partial charge >= 0.3 is 0 Å². The second-order valence-electron chi connectivity index (χ2n) is 11.8. The molecule has 0 saturated heterocycles. The highest BCUT2D eigenvalue weighted by atomic mass is 35.5. The number of hydrogen-bond donors (Lipinski definition) is 8. The van der Waals surface area contributed by atoms with Gasteiger partial charge in [0.1, 0.15) is 0 Å². The van der Waals surface area contributed by atoms with Gasteiger partial charge in [-0.2, -0.15) is 47.0 Å². The summed E-state index contributed by atoms with van der Waals surface area (Å²) in [6, 6.07) is 0. The summed E-state index contributed by atoms with van der Waals surface area (Å²) in [6.07, 6.45) is 16.1. The molecule has 4 aliphatic carbocycles. The van der Waals surface area contributed by atoms with E-state index in [1.807, 2.05) is 12.5 Å². The molecule has 4 rings (SSSR count). The molecule has 14 heteroatoms. The highest BCUT2D eigenvalue weighted by Gasteiger charge is 2.34. The third-order valence-corrected chi connectivity index (χ3v) is 13.4. The van der Waals surface area contributed by atoms with Gasteiger partial charge in [-0.25, -0.2) is 0 Å². The molecule has 0 unspecified atom stereocenters. The molecule has 0 bridgehead atoms. The number of halogens is 2. The fourth-order valence-electron chi connectivity index (χ4n) is 6.17. The first-order valence-electron chi connectivity index (χ1n) is 14.9. The van der Waals surface area contributed by atoms with E-state index in [0.717, 1.165) is 77.5 Å².